The van der Waals surface area contributed by atoms with Crippen molar-refractivity contribution >= 4 is 41.1 Å². The molecule has 3 rings (SSSR count). The van der Waals surface area contributed by atoms with E-state index in [0.717, 1.165) is 41.1 Å². The number of benzene rings is 1. The number of carbonyl (C=O) groups is 2. The number of thiazole rings is 1. The predicted molar refractivity (Wildman–Crippen MR) is 102 cm³/mol. The minimum Gasteiger partial charge on any atom is -0.352 e. The zero-order valence-corrected chi connectivity index (χ0v) is 15.7. The maximum Gasteiger partial charge on any atom is 0.227 e. The van der Waals surface area contributed by atoms with Gasteiger partial charge >= 0.3 is 0 Å². The van der Waals surface area contributed by atoms with Gasteiger partial charge in [-0.3, -0.25) is 9.59 Å². The number of hydrogen-bond donors (Lipinski definition) is 3. The summed E-state index contributed by atoms with van der Waals surface area (Å²) in [7, 11) is 0. The minimum absolute atomic E-state index is 0.0442. The molecule has 1 aliphatic rings. The number of anilines is 1. The molecule has 1 saturated carbocycles. The minimum atomic E-state index is -0.0442. The van der Waals surface area contributed by atoms with E-state index in [9.17, 15) is 9.59 Å². The van der Waals surface area contributed by atoms with Gasteiger partial charge < -0.3 is 15.6 Å². The van der Waals surface area contributed by atoms with Crippen molar-refractivity contribution < 1.29 is 9.59 Å². The maximum absolute atomic E-state index is 12.1. The third-order valence-corrected chi connectivity index (χ3v) is 5.74. The second-order valence-electron chi connectivity index (χ2n) is 6.33. The van der Waals surface area contributed by atoms with Gasteiger partial charge in [0, 0.05) is 28.7 Å². The standard InChI is InChI=1S/C18H21N3O2S2/c1-11-15(25-18(24)20-11)9-16(22)19-10-12-4-2-7-14(8-12)21-17(23)13-5-3-6-13/h2,4,7-8,13H,3,5-6,9-10H2,1H3,(H,19,22)(H,20,24)(H,21,23). The van der Waals surface area contributed by atoms with Crippen molar-refractivity contribution in [3.63, 3.8) is 0 Å². The van der Waals surface area contributed by atoms with Crippen molar-refractivity contribution in [1.82, 2.24) is 10.3 Å². The lowest BCUT2D eigenvalue weighted by Gasteiger charge is -2.24. The lowest BCUT2D eigenvalue weighted by Crippen LogP contribution is -2.28. The van der Waals surface area contributed by atoms with Crippen LogP contribution in [0.4, 0.5) is 5.69 Å². The number of carbonyl (C=O) groups excluding carboxylic acids is 2. The Morgan fingerprint density at radius 3 is 2.80 bits per heavy atom. The van der Waals surface area contributed by atoms with Crippen LogP contribution in [0.25, 0.3) is 0 Å². The highest BCUT2D eigenvalue weighted by atomic mass is 32.1. The highest BCUT2D eigenvalue weighted by Crippen LogP contribution is 2.27. The normalized spacial score (nSPS) is 14.0. The molecule has 0 aliphatic heterocycles. The molecule has 0 spiro atoms. The molecule has 7 heteroatoms. The van der Waals surface area contributed by atoms with Gasteiger partial charge in [-0.25, -0.2) is 0 Å². The molecule has 2 aromatic rings. The highest BCUT2D eigenvalue weighted by molar-refractivity contribution is 7.73. The number of aromatic amines is 1. The van der Waals surface area contributed by atoms with E-state index < -0.39 is 0 Å². The number of H-pyrrole nitrogens is 1. The predicted octanol–water partition coefficient (Wildman–Crippen LogP) is 3.71. The number of aromatic nitrogens is 1. The number of rotatable bonds is 6. The van der Waals surface area contributed by atoms with E-state index in [1.807, 2.05) is 31.2 Å². The first-order valence-corrected chi connectivity index (χ1v) is 9.59. The molecular weight excluding hydrogens is 354 g/mol. The second-order valence-corrected chi connectivity index (χ2v) is 8.11. The molecule has 0 atom stereocenters. The lowest BCUT2D eigenvalue weighted by molar-refractivity contribution is -0.122. The Labute approximate surface area is 155 Å². The van der Waals surface area contributed by atoms with Crippen LogP contribution in [-0.4, -0.2) is 16.8 Å². The van der Waals surface area contributed by atoms with E-state index in [1.165, 1.54) is 11.3 Å². The van der Waals surface area contributed by atoms with Gasteiger partial charge in [-0.2, -0.15) is 0 Å². The highest BCUT2D eigenvalue weighted by Gasteiger charge is 2.25. The molecule has 1 aromatic carbocycles. The van der Waals surface area contributed by atoms with Crippen LogP contribution in [0.1, 0.15) is 35.4 Å². The fourth-order valence-corrected chi connectivity index (χ4v) is 3.98. The SMILES string of the molecule is Cc1[nH]c(=S)sc1CC(=O)NCc1cccc(NC(=O)C2CCC2)c1. The van der Waals surface area contributed by atoms with Gasteiger partial charge in [0.05, 0.1) is 6.42 Å². The number of aryl methyl sites for hydroxylation is 1. The summed E-state index contributed by atoms with van der Waals surface area (Å²) in [6, 6.07) is 7.60. The van der Waals surface area contributed by atoms with Crippen LogP contribution in [-0.2, 0) is 22.6 Å². The van der Waals surface area contributed by atoms with Crippen molar-refractivity contribution in [1.29, 1.82) is 0 Å². The van der Waals surface area contributed by atoms with Crippen LogP contribution >= 0.6 is 23.6 Å². The van der Waals surface area contributed by atoms with E-state index >= 15 is 0 Å². The Kier molecular flexibility index (Phi) is 5.65. The molecule has 1 aliphatic carbocycles. The second kappa shape index (κ2) is 7.93. The van der Waals surface area contributed by atoms with Crippen molar-refractivity contribution in [2.45, 2.75) is 39.2 Å². The van der Waals surface area contributed by atoms with Gasteiger partial charge in [0.25, 0.3) is 0 Å². The van der Waals surface area contributed by atoms with Crippen molar-refractivity contribution in [2.24, 2.45) is 5.92 Å². The Hall–Kier alpha value is -1.99. The third kappa shape index (κ3) is 4.76. The molecule has 1 aromatic heterocycles. The summed E-state index contributed by atoms with van der Waals surface area (Å²) in [6.45, 7) is 2.35. The van der Waals surface area contributed by atoms with E-state index in [-0.39, 0.29) is 17.7 Å². The van der Waals surface area contributed by atoms with Crippen molar-refractivity contribution in [3.05, 3.63) is 44.4 Å². The first-order valence-electron chi connectivity index (χ1n) is 8.36. The van der Waals surface area contributed by atoms with E-state index in [0.29, 0.717) is 16.9 Å². The first kappa shape index (κ1) is 17.8. The van der Waals surface area contributed by atoms with Crippen LogP contribution in [0.2, 0.25) is 0 Å². The average molecular weight is 376 g/mol. The molecule has 2 amide bonds. The average Bonchev–Trinajstić information content (AvgIpc) is 2.81. The molecular formula is C18H21N3O2S2. The van der Waals surface area contributed by atoms with E-state index in [2.05, 4.69) is 15.6 Å². The van der Waals surface area contributed by atoms with Gasteiger partial charge in [-0.15, -0.1) is 11.3 Å². The van der Waals surface area contributed by atoms with Gasteiger partial charge in [-0.1, -0.05) is 18.6 Å². The largest absolute Gasteiger partial charge is 0.352 e. The van der Waals surface area contributed by atoms with Gasteiger partial charge in [0.1, 0.15) is 0 Å². The van der Waals surface area contributed by atoms with Crippen LogP contribution in [0.5, 0.6) is 0 Å². The molecule has 0 saturated heterocycles. The van der Waals surface area contributed by atoms with Crippen LogP contribution < -0.4 is 10.6 Å². The number of nitrogens with one attached hydrogen (secondary N) is 3. The zero-order valence-electron chi connectivity index (χ0n) is 14.1. The Morgan fingerprint density at radius 1 is 1.36 bits per heavy atom. The van der Waals surface area contributed by atoms with Crippen LogP contribution in [0.15, 0.2) is 24.3 Å². The molecule has 0 radical (unpaired) electrons. The Bertz CT molecular complexity index is 837. The summed E-state index contributed by atoms with van der Waals surface area (Å²) in [5.41, 5.74) is 2.69. The van der Waals surface area contributed by atoms with E-state index in [4.69, 9.17) is 12.2 Å². The zero-order chi connectivity index (χ0) is 17.8. The molecule has 0 bridgehead atoms. The fourth-order valence-electron chi connectivity index (χ4n) is 2.69. The number of amides is 2. The summed E-state index contributed by atoms with van der Waals surface area (Å²) in [4.78, 5) is 28.1. The van der Waals surface area contributed by atoms with Crippen LogP contribution in [0, 0.1) is 16.8 Å². The summed E-state index contributed by atoms with van der Waals surface area (Å²) in [6.07, 6.45) is 3.42. The molecule has 25 heavy (non-hydrogen) atoms. The smallest absolute Gasteiger partial charge is 0.227 e. The van der Waals surface area contributed by atoms with Crippen molar-refractivity contribution in [2.75, 3.05) is 5.32 Å². The van der Waals surface area contributed by atoms with Gasteiger partial charge in [-0.05, 0) is 49.7 Å². The first-order chi connectivity index (χ1) is 12.0. The summed E-state index contributed by atoms with van der Waals surface area (Å²) in [5.74, 6) is 0.206. The molecule has 1 heterocycles. The number of hydrogen-bond acceptors (Lipinski definition) is 4. The third-order valence-electron chi connectivity index (χ3n) is 4.40. The topological polar surface area (TPSA) is 74.0 Å². The van der Waals surface area contributed by atoms with Crippen molar-refractivity contribution in [3.8, 4) is 0 Å². The molecule has 0 unspecified atom stereocenters. The lowest BCUT2D eigenvalue weighted by atomic mass is 9.85. The Balaban J connectivity index is 1.53. The monoisotopic (exact) mass is 375 g/mol. The summed E-state index contributed by atoms with van der Waals surface area (Å²) in [5, 5.41) is 5.87. The fraction of sp³-hybridized carbons (Fsp3) is 0.389. The Morgan fingerprint density at radius 2 is 2.16 bits per heavy atom. The van der Waals surface area contributed by atoms with Crippen LogP contribution in [0.3, 0.4) is 0 Å². The van der Waals surface area contributed by atoms with E-state index in [1.54, 1.807) is 0 Å². The molecule has 5 nitrogen and oxygen atoms in total. The van der Waals surface area contributed by atoms with Gasteiger partial charge in [0.2, 0.25) is 11.8 Å². The summed E-state index contributed by atoms with van der Waals surface area (Å²) < 4.78 is 0.690. The summed E-state index contributed by atoms with van der Waals surface area (Å²) >= 11 is 6.53. The molecule has 132 valence electrons. The quantitative estimate of drug-likeness (QED) is 0.674. The molecule has 1 fully saturated rings. The molecule has 3 N–H and O–H groups in total. The maximum atomic E-state index is 12.1. The van der Waals surface area contributed by atoms with Gasteiger partial charge in [0.15, 0.2) is 3.95 Å².